The fraction of sp³-hybridized carbons (Fsp3) is 0.588. The molecule has 0 aliphatic carbocycles. The molecule has 1 aromatic carbocycles. The number of hydrogen-bond acceptors (Lipinski definition) is 4. The molecule has 2 bridgehead atoms. The molecule has 0 radical (unpaired) electrons. The monoisotopic (exact) mass is 323 g/mol. The Kier molecular flexibility index (Phi) is 4.59. The first-order valence-electron chi connectivity index (χ1n) is 7.78. The Hall–Kier alpha value is -1.26. The summed E-state index contributed by atoms with van der Waals surface area (Å²) in [5, 5.41) is 0.752. The normalized spacial score (nSPS) is 31.0. The molecule has 4 nitrogen and oxygen atoms in total. The molecular weight excluding hydrogens is 302 g/mol. The number of nitrogens with zero attached hydrogens (tertiary/aromatic N) is 1. The lowest BCUT2D eigenvalue weighted by molar-refractivity contribution is 0.0193. The molecule has 0 spiro atoms. The van der Waals surface area contributed by atoms with E-state index in [0.717, 1.165) is 11.4 Å². The summed E-state index contributed by atoms with van der Waals surface area (Å²) in [6.45, 7) is 0.404. The second kappa shape index (κ2) is 6.47. The van der Waals surface area contributed by atoms with Gasteiger partial charge in [0.1, 0.15) is 0 Å². The molecule has 3 rings (SSSR count). The quantitative estimate of drug-likeness (QED) is 0.795. The molecule has 0 aromatic heterocycles. The standard InChI is InChI=1S/C17H22ClNO3/c1-19-13-7-8-16(19)15(10-22-17(20)21-2)14(9-13)11-3-5-12(18)6-4-11/h3-6,13-16H,7-10H2,1-2H3. The number of benzene rings is 1. The lowest BCUT2D eigenvalue weighted by Gasteiger charge is -2.43. The Morgan fingerprint density at radius 1 is 1.32 bits per heavy atom. The van der Waals surface area contributed by atoms with Gasteiger partial charge in [-0.1, -0.05) is 23.7 Å². The van der Waals surface area contributed by atoms with E-state index in [-0.39, 0.29) is 0 Å². The fourth-order valence-corrected chi connectivity index (χ4v) is 4.25. The molecule has 0 N–H and O–H groups in total. The van der Waals surface area contributed by atoms with Crippen LogP contribution in [0.15, 0.2) is 24.3 Å². The minimum Gasteiger partial charge on any atom is -0.438 e. The van der Waals surface area contributed by atoms with E-state index < -0.39 is 6.16 Å². The highest BCUT2D eigenvalue weighted by molar-refractivity contribution is 6.30. The molecule has 2 saturated heterocycles. The van der Waals surface area contributed by atoms with Crippen LogP contribution < -0.4 is 0 Å². The first-order valence-corrected chi connectivity index (χ1v) is 8.16. The van der Waals surface area contributed by atoms with Crippen LogP contribution in [0.2, 0.25) is 5.02 Å². The number of halogens is 1. The van der Waals surface area contributed by atoms with Crippen molar-refractivity contribution in [2.24, 2.45) is 5.92 Å². The minimum absolute atomic E-state index is 0.295. The van der Waals surface area contributed by atoms with Crippen molar-refractivity contribution in [2.45, 2.75) is 37.3 Å². The topological polar surface area (TPSA) is 38.8 Å². The summed E-state index contributed by atoms with van der Waals surface area (Å²) < 4.78 is 9.90. The molecule has 2 heterocycles. The SMILES string of the molecule is COC(=O)OCC1C(c2ccc(Cl)cc2)CC2CCC1N2C. The summed E-state index contributed by atoms with van der Waals surface area (Å²) in [6, 6.07) is 9.17. The van der Waals surface area contributed by atoms with Crippen LogP contribution in [0, 0.1) is 5.92 Å². The summed E-state index contributed by atoms with van der Waals surface area (Å²) in [6.07, 6.45) is 2.89. The van der Waals surface area contributed by atoms with Crippen molar-refractivity contribution in [3.05, 3.63) is 34.9 Å². The van der Waals surface area contributed by atoms with E-state index in [1.54, 1.807) is 0 Å². The van der Waals surface area contributed by atoms with Gasteiger partial charge in [-0.15, -0.1) is 0 Å². The number of piperidine rings is 1. The largest absolute Gasteiger partial charge is 0.507 e. The lowest BCUT2D eigenvalue weighted by Crippen LogP contribution is -2.47. The van der Waals surface area contributed by atoms with Crippen LogP contribution in [0.25, 0.3) is 0 Å². The molecule has 22 heavy (non-hydrogen) atoms. The zero-order chi connectivity index (χ0) is 15.7. The average Bonchev–Trinajstić information content (AvgIpc) is 2.77. The molecule has 4 atom stereocenters. The zero-order valence-electron chi connectivity index (χ0n) is 13.0. The van der Waals surface area contributed by atoms with Gasteiger partial charge in [-0.25, -0.2) is 4.79 Å². The molecular formula is C17H22ClNO3. The van der Waals surface area contributed by atoms with Crippen LogP contribution in [0.4, 0.5) is 4.79 Å². The van der Waals surface area contributed by atoms with Gasteiger partial charge < -0.3 is 14.4 Å². The van der Waals surface area contributed by atoms with E-state index in [1.807, 2.05) is 12.1 Å². The van der Waals surface area contributed by atoms with Crippen molar-refractivity contribution >= 4 is 17.8 Å². The first-order chi connectivity index (χ1) is 10.6. The van der Waals surface area contributed by atoms with Crippen LogP contribution in [0.3, 0.4) is 0 Å². The van der Waals surface area contributed by atoms with E-state index in [1.165, 1.54) is 25.5 Å². The second-order valence-corrected chi connectivity index (χ2v) is 6.72. The lowest BCUT2D eigenvalue weighted by atomic mass is 9.76. The number of fused-ring (bicyclic) bond motifs is 2. The van der Waals surface area contributed by atoms with Crippen LogP contribution in [-0.4, -0.2) is 43.9 Å². The molecule has 0 amide bonds. The highest BCUT2D eigenvalue weighted by atomic mass is 35.5. The van der Waals surface area contributed by atoms with Gasteiger partial charge in [-0.2, -0.15) is 0 Å². The van der Waals surface area contributed by atoms with Crippen molar-refractivity contribution in [3.8, 4) is 0 Å². The Morgan fingerprint density at radius 3 is 2.73 bits per heavy atom. The van der Waals surface area contributed by atoms with E-state index in [0.29, 0.717) is 30.5 Å². The van der Waals surface area contributed by atoms with E-state index in [2.05, 4.69) is 28.8 Å². The van der Waals surface area contributed by atoms with Gasteiger partial charge in [0.25, 0.3) is 0 Å². The molecule has 1 aromatic rings. The summed E-state index contributed by atoms with van der Waals surface area (Å²) >= 11 is 6.01. The fourth-order valence-electron chi connectivity index (χ4n) is 4.12. The van der Waals surface area contributed by atoms with E-state index in [4.69, 9.17) is 16.3 Å². The van der Waals surface area contributed by atoms with Gasteiger partial charge in [0.05, 0.1) is 13.7 Å². The van der Waals surface area contributed by atoms with Gasteiger partial charge in [-0.3, -0.25) is 0 Å². The van der Waals surface area contributed by atoms with E-state index >= 15 is 0 Å². The van der Waals surface area contributed by atoms with Crippen LogP contribution in [0.5, 0.6) is 0 Å². The minimum atomic E-state index is -0.599. The third-order valence-electron chi connectivity index (χ3n) is 5.29. The molecule has 0 saturated carbocycles. The maximum Gasteiger partial charge on any atom is 0.507 e. The Labute approximate surface area is 136 Å². The highest BCUT2D eigenvalue weighted by Crippen LogP contribution is 2.46. The average molecular weight is 324 g/mol. The van der Waals surface area contributed by atoms with E-state index in [9.17, 15) is 4.79 Å². The zero-order valence-corrected chi connectivity index (χ0v) is 13.8. The van der Waals surface area contributed by atoms with Crippen LogP contribution in [0.1, 0.15) is 30.7 Å². The number of hydrogen-bond donors (Lipinski definition) is 0. The number of ether oxygens (including phenoxy) is 2. The third kappa shape index (κ3) is 2.95. The van der Waals surface area contributed by atoms with Crippen LogP contribution in [-0.2, 0) is 9.47 Å². The van der Waals surface area contributed by atoms with Crippen molar-refractivity contribution in [1.82, 2.24) is 4.90 Å². The predicted molar refractivity (Wildman–Crippen MR) is 85.2 cm³/mol. The molecule has 4 unspecified atom stereocenters. The third-order valence-corrected chi connectivity index (χ3v) is 5.54. The summed E-state index contributed by atoms with van der Waals surface area (Å²) in [5.74, 6) is 0.694. The summed E-state index contributed by atoms with van der Waals surface area (Å²) in [4.78, 5) is 13.8. The highest BCUT2D eigenvalue weighted by Gasteiger charge is 2.46. The smallest absolute Gasteiger partial charge is 0.438 e. The maximum atomic E-state index is 11.4. The van der Waals surface area contributed by atoms with Gasteiger partial charge in [0.15, 0.2) is 0 Å². The Bertz CT molecular complexity index is 533. The van der Waals surface area contributed by atoms with Gasteiger partial charge in [-0.05, 0) is 49.9 Å². The second-order valence-electron chi connectivity index (χ2n) is 6.29. The number of carbonyl (C=O) groups is 1. The Morgan fingerprint density at radius 2 is 2.05 bits per heavy atom. The number of methoxy groups -OCH3 is 1. The molecule has 2 aliphatic heterocycles. The van der Waals surface area contributed by atoms with Crippen molar-refractivity contribution < 1.29 is 14.3 Å². The van der Waals surface area contributed by atoms with Crippen LogP contribution >= 0.6 is 11.6 Å². The van der Waals surface area contributed by atoms with Gasteiger partial charge in [0, 0.05) is 23.0 Å². The van der Waals surface area contributed by atoms with Crippen molar-refractivity contribution in [2.75, 3.05) is 20.8 Å². The van der Waals surface area contributed by atoms with Crippen molar-refractivity contribution in [1.29, 1.82) is 0 Å². The summed E-state index contributed by atoms with van der Waals surface area (Å²) in [5.41, 5.74) is 1.29. The summed E-state index contributed by atoms with van der Waals surface area (Å²) in [7, 11) is 3.53. The first kappa shape index (κ1) is 15.6. The maximum absolute atomic E-state index is 11.4. The molecule has 120 valence electrons. The number of carbonyl (C=O) groups excluding carboxylic acids is 1. The van der Waals surface area contributed by atoms with Crippen molar-refractivity contribution in [3.63, 3.8) is 0 Å². The molecule has 5 heteroatoms. The molecule has 2 aliphatic rings. The van der Waals surface area contributed by atoms with Gasteiger partial charge >= 0.3 is 6.16 Å². The number of rotatable bonds is 3. The predicted octanol–water partition coefficient (Wildman–Crippen LogP) is 3.69. The van der Waals surface area contributed by atoms with Gasteiger partial charge in [0.2, 0.25) is 0 Å². The molecule has 2 fully saturated rings. The Balaban J connectivity index is 1.82.